The van der Waals surface area contributed by atoms with Gasteiger partial charge in [0.1, 0.15) is 5.75 Å². The Balaban J connectivity index is 2.72. The first-order valence-corrected chi connectivity index (χ1v) is 6.26. The molecule has 0 aliphatic rings. The molecule has 0 amide bonds. The lowest BCUT2D eigenvalue weighted by Gasteiger charge is -2.12. The molecule has 0 atom stereocenters. The van der Waals surface area contributed by atoms with Crippen molar-refractivity contribution in [1.82, 2.24) is 9.55 Å². The number of thioether (sulfide) groups is 1. The van der Waals surface area contributed by atoms with Crippen LogP contribution in [0, 0.1) is 0 Å². The summed E-state index contributed by atoms with van der Waals surface area (Å²) in [6.07, 6.45) is 3.40. The molecule has 0 radical (unpaired) electrons. The third kappa shape index (κ3) is 2.19. The van der Waals surface area contributed by atoms with Crippen LogP contribution in [0.5, 0.6) is 5.75 Å². The second-order valence-electron chi connectivity index (χ2n) is 3.28. The van der Waals surface area contributed by atoms with Crippen molar-refractivity contribution in [2.75, 3.05) is 13.4 Å². The zero-order valence-corrected chi connectivity index (χ0v) is 10.4. The Hall–Kier alpha value is -1.75. The first-order valence-electron chi connectivity index (χ1n) is 5.03. The van der Waals surface area contributed by atoms with Crippen molar-refractivity contribution < 1.29 is 4.74 Å². The van der Waals surface area contributed by atoms with Crippen LogP contribution >= 0.6 is 11.8 Å². The number of aromatic nitrogens is 2. The summed E-state index contributed by atoms with van der Waals surface area (Å²) in [5.74, 6) is 0.651. The normalized spacial score (nSPS) is 10.2. The van der Waals surface area contributed by atoms with E-state index in [2.05, 4.69) is 4.98 Å². The number of nitrogens with zero attached hydrogens (tertiary/aromatic N) is 2. The fourth-order valence-electron chi connectivity index (χ4n) is 1.57. The maximum absolute atomic E-state index is 11.9. The first-order chi connectivity index (χ1) is 8.27. The first kappa shape index (κ1) is 11.7. The van der Waals surface area contributed by atoms with E-state index >= 15 is 0 Å². The highest BCUT2D eigenvalue weighted by Gasteiger charge is 2.10. The summed E-state index contributed by atoms with van der Waals surface area (Å²) in [7, 11) is 1.58. The van der Waals surface area contributed by atoms with E-state index < -0.39 is 0 Å². The average Bonchev–Trinajstić information content (AvgIpc) is 2.38. The van der Waals surface area contributed by atoms with E-state index in [9.17, 15) is 4.79 Å². The molecule has 0 bridgehead atoms. The second kappa shape index (κ2) is 5.05. The van der Waals surface area contributed by atoms with Crippen LogP contribution in [0.4, 0.5) is 0 Å². The van der Waals surface area contributed by atoms with Crippen LogP contribution in [0.3, 0.4) is 0 Å². The van der Waals surface area contributed by atoms with Gasteiger partial charge < -0.3 is 4.74 Å². The van der Waals surface area contributed by atoms with Gasteiger partial charge in [0, 0.05) is 12.3 Å². The second-order valence-corrected chi connectivity index (χ2v) is 4.05. The van der Waals surface area contributed by atoms with Crippen molar-refractivity contribution >= 4 is 11.8 Å². The molecular weight excluding hydrogens is 236 g/mol. The van der Waals surface area contributed by atoms with E-state index in [-0.39, 0.29) is 5.56 Å². The van der Waals surface area contributed by atoms with Crippen molar-refractivity contribution in [3.05, 3.63) is 46.9 Å². The SMILES string of the molecule is COc1ccccc1-n1c(SC)nccc1=O. The minimum Gasteiger partial charge on any atom is -0.495 e. The molecule has 0 saturated carbocycles. The van der Waals surface area contributed by atoms with Gasteiger partial charge >= 0.3 is 0 Å². The molecule has 5 heteroatoms. The predicted octanol–water partition coefficient (Wildman–Crippen LogP) is 1.96. The summed E-state index contributed by atoms with van der Waals surface area (Å²) in [6, 6.07) is 8.82. The Labute approximate surface area is 103 Å². The standard InChI is InChI=1S/C12H12N2O2S/c1-16-10-6-4-3-5-9(10)14-11(15)7-8-13-12(14)17-2/h3-8H,1-2H3. The van der Waals surface area contributed by atoms with Gasteiger partial charge in [-0.2, -0.15) is 0 Å². The van der Waals surface area contributed by atoms with Gasteiger partial charge in [-0.3, -0.25) is 9.36 Å². The number of hydrogen-bond acceptors (Lipinski definition) is 4. The maximum atomic E-state index is 11.9. The van der Waals surface area contributed by atoms with Gasteiger partial charge in [0.15, 0.2) is 5.16 Å². The summed E-state index contributed by atoms with van der Waals surface area (Å²) in [5.41, 5.74) is 0.589. The Morgan fingerprint density at radius 2 is 2.06 bits per heavy atom. The van der Waals surface area contributed by atoms with E-state index in [0.717, 1.165) is 0 Å². The monoisotopic (exact) mass is 248 g/mol. The summed E-state index contributed by atoms with van der Waals surface area (Å²) in [5, 5.41) is 0.641. The number of para-hydroxylation sites is 2. The number of methoxy groups -OCH3 is 1. The number of hydrogen-bond donors (Lipinski definition) is 0. The highest BCUT2D eigenvalue weighted by atomic mass is 32.2. The highest BCUT2D eigenvalue weighted by Crippen LogP contribution is 2.23. The van der Waals surface area contributed by atoms with Crippen molar-refractivity contribution in [2.24, 2.45) is 0 Å². The Morgan fingerprint density at radius 3 is 2.76 bits per heavy atom. The molecule has 0 saturated heterocycles. The quantitative estimate of drug-likeness (QED) is 0.615. The molecule has 0 spiro atoms. The van der Waals surface area contributed by atoms with Crippen LogP contribution < -0.4 is 10.3 Å². The van der Waals surface area contributed by atoms with Gasteiger partial charge in [0.2, 0.25) is 0 Å². The Bertz CT molecular complexity index is 581. The fraction of sp³-hybridized carbons (Fsp3) is 0.167. The van der Waals surface area contributed by atoms with Gasteiger partial charge in [-0.05, 0) is 18.4 Å². The van der Waals surface area contributed by atoms with Crippen LogP contribution in [0.1, 0.15) is 0 Å². The van der Waals surface area contributed by atoms with Gasteiger partial charge in [0.05, 0.1) is 12.8 Å². The van der Waals surface area contributed by atoms with Crippen molar-refractivity contribution in [1.29, 1.82) is 0 Å². The zero-order valence-electron chi connectivity index (χ0n) is 9.58. The largest absolute Gasteiger partial charge is 0.495 e. The van der Waals surface area contributed by atoms with Crippen molar-refractivity contribution in [3.8, 4) is 11.4 Å². The summed E-state index contributed by atoms with van der Waals surface area (Å²) >= 11 is 1.42. The lowest BCUT2D eigenvalue weighted by atomic mass is 10.3. The molecule has 0 aliphatic carbocycles. The fourth-order valence-corrected chi connectivity index (χ4v) is 2.11. The molecule has 2 rings (SSSR count). The molecule has 0 N–H and O–H groups in total. The number of benzene rings is 1. The highest BCUT2D eigenvalue weighted by molar-refractivity contribution is 7.98. The van der Waals surface area contributed by atoms with Crippen LogP contribution in [0.25, 0.3) is 5.69 Å². The molecule has 88 valence electrons. The van der Waals surface area contributed by atoms with Crippen LogP contribution in [0.2, 0.25) is 0 Å². The Kier molecular flexibility index (Phi) is 3.49. The number of ether oxygens (including phenoxy) is 1. The maximum Gasteiger partial charge on any atom is 0.258 e. The molecule has 0 fully saturated rings. The third-order valence-electron chi connectivity index (χ3n) is 2.32. The van der Waals surface area contributed by atoms with E-state index in [0.29, 0.717) is 16.6 Å². The molecular formula is C12H12N2O2S. The van der Waals surface area contributed by atoms with Crippen LogP contribution in [-0.2, 0) is 0 Å². The molecule has 0 aliphatic heterocycles. The summed E-state index contributed by atoms with van der Waals surface area (Å²) in [4.78, 5) is 16.1. The smallest absolute Gasteiger partial charge is 0.258 e. The topological polar surface area (TPSA) is 44.1 Å². The van der Waals surface area contributed by atoms with Gasteiger partial charge in [-0.25, -0.2) is 4.98 Å². The van der Waals surface area contributed by atoms with Crippen molar-refractivity contribution in [2.45, 2.75) is 5.16 Å². The van der Waals surface area contributed by atoms with Crippen LogP contribution in [0.15, 0.2) is 46.5 Å². The molecule has 17 heavy (non-hydrogen) atoms. The van der Waals surface area contributed by atoms with E-state index in [1.54, 1.807) is 11.7 Å². The molecule has 4 nitrogen and oxygen atoms in total. The van der Waals surface area contributed by atoms with E-state index in [4.69, 9.17) is 4.74 Å². The third-order valence-corrected chi connectivity index (χ3v) is 2.98. The lowest BCUT2D eigenvalue weighted by Crippen LogP contribution is -2.20. The van der Waals surface area contributed by atoms with Gasteiger partial charge in [-0.15, -0.1) is 0 Å². The minimum atomic E-state index is -0.117. The molecule has 1 heterocycles. The van der Waals surface area contributed by atoms with Crippen LogP contribution in [-0.4, -0.2) is 22.9 Å². The van der Waals surface area contributed by atoms with Gasteiger partial charge in [-0.1, -0.05) is 23.9 Å². The Morgan fingerprint density at radius 1 is 1.29 bits per heavy atom. The van der Waals surface area contributed by atoms with E-state index in [1.807, 2.05) is 30.5 Å². The average molecular weight is 248 g/mol. The van der Waals surface area contributed by atoms with E-state index in [1.165, 1.54) is 24.0 Å². The van der Waals surface area contributed by atoms with Gasteiger partial charge in [0.25, 0.3) is 5.56 Å². The zero-order chi connectivity index (χ0) is 12.3. The van der Waals surface area contributed by atoms with Crippen molar-refractivity contribution in [3.63, 3.8) is 0 Å². The predicted molar refractivity (Wildman–Crippen MR) is 68.2 cm³/mol. The lowest BCUT2D eigenvalue weighted by molar-refractivity contribution is 0.411. The summed E-state index contributed by atoms with van der Waals surface area (Å²) < 4.78 is 6.80. The molecule has 1 aromatic carbocycles. The molecule has 1 aromatic heterocycles. The molecule has 2 aromatic rings. The minimum absolute atomic E-state index is 0.117. The number of rotatable bonds is 3. The molecule has 0 unspecified atom stereocenters. The summed E-state index contributed by atoms with van der Waals surface area (Å²) in [6.45, 7) is 0.